The van der Waals surface area contributed by atoms with Crippen LogP contribution in [0.5, 0.6) is 0 Å². The highest BCUT2D eigenvalue weighted by Gasteiger charge is 2.11. The molecule has 0 atom stereocenters. The monoisotopic (exact) mass is 348 g/mol. The quantitative estimate of drug-likeness (QED) is 0.785. The lowest BCUT2D eigenvalue weighted by Gasteiger charge is -2.10. The highest BCUT2D eigenvalue weighted by Crippen LogP contribution is 2.22. The summed E-state index contributed by atoms with van der Waals surface area (Å²) < 4.78 is 13.4. The van der Waals surface area contributed by atoms with Gasteiger partial charge in [-0.25, -0.2) is 4.39 Å². The lowest BCUT2D eigenvalue weighted by Crippen LogP contribution is -2.30. The second kappa shape index (κ2) is 8.45. The molecule has 0 unspecified atom stereocenters. The van der Waals surface area contributed by atoms with E-state index in [-0.39, 0.29) is 18.8 Å². The molecule has 2 amide bonds. The van der Waals surface area contributed by atoms with Gasteiger partial charge in [0.2, 0.25) is 11.8 Å². The molecule has 0 saturated heterocycles. The van der Waals surface area contributed by atoms with E-state index < -0.39 is 11.8 Å². The molecule has 24 heavy (non-hydrogen) atoms. The largest absolute Gasteiger partial charge is 0.355 e. The van der Waals surface area contributed by atoms with Gasteiger partial charge >= 0.3 is 0 Å². The minimum absolute atomic E-state index is 0.267. The van der Waals surface area contributed by atoms with E-state index in [2.05, 4.69) is 10.6 Å². The van der Waals surface area contributed by atoms with Gasteiger partial charge in [0.25, 0.3) is 0 Å². The molecule has 4 nitrogen and oxygen atoms in total. The molecule has 2 rings (SSSR count). The molecule has 126 valence electrons. The van der Waals surface area contributed by atoms with E-state index in [0.29, 0.717) is 22.7 Å². The van der Waals surface area contributed by atoms with Crippen molar-refractivity contribution in [2.45, 2.75) is 19.8 Å². The smallest absolute Gasteiger partial charge is 0.233 e. The summed E-state index contributed by atoms with van der Waals surface area (Å²) in [5.41, 5.74) is 1.84. The summed E-state index contributed by atoms with van der Waals surface area (Å²) in [4.78, 5) is 23.7. The van der Waals surface area contributed by atoms with Gasteiger partial charge in [-0.3, -0.25) is 9.59 Å². The van der Waals surface area contributed by atoms with Crippen molar-refractivity contribution in [2.24, 2.45) is 0 Å². The Bertz CT molecular complexity index is 750. The van der Waals surface area contributed by atoms with Crippen LogP contribution in [-0.4, -0.2) is 18.4 Å². The Labute approximate surface area is 145 Å². The highest BCUT2D eigenvalue weighted by atomic mass is 35.5. The fourth-order valence-corrected chi connectivity index (χ4v) is 2.36. The van der Waals surface area contributed by atoms with Crippen molar-refractivity contribution in [1.29, 1.82) is 0 Å². The fourth-order valence-electron chi connectivity index (χ4n) is 2.18. The number of rotatable bonds is 6. The first-order valence-corrected chi connectivity index (χ1v) is 7.90. The van der Waals surface area contributed by atoms with Crippen LogP contribution < -0.4 is 10.6 Å². The Balaban J connectivity index is 1.79. The lowest BCUT2D eigenvalue weighted by atomic mass is 10.1. The zero-order valence-electron chi connectivity index (χ0n) is 13.2. The molecule has 0 saturated carbocycles. The standard InChI is InChI=1S/C18H18ClFN2O2/c1-12-14(19)6-4-8-16(12)22-18(24)11-17(23)21-10-9-13-5-2-3-7-15(13)20/h2-8H,9-11H2,1H3,(H,21,23)(H,22,24). The van der Waals surface area contributed by atoms with E-state index >= 15 is 0 Å². The van der Waals surface area contributed by atoms with Gasteiger partial charge in [0, 0.05) is 17.3 Å². The lowest BCUT2D eigenvalue weighted by molar-refractivity contribution is -0.126. The molecule has 0 fully saturated rings. The van der Waals surface area contributed by atoms with Crippen molar-refractivity contribution in [2.75, 3.05) is 11.9 Å². The summed E-state index contributed by atoms with van der Waals surface area (Å²) in [6.07, 6.45) is 0.0661. The van der Waals surface area contributed by atoms with Crippen LogP contribution in [0.25, 0.3) is 0 Å². The molecular weight excluding hydrogens is 331 g/mol. The number of benzene rings is 2. The number of halogens is 2. The van der Waals surface area contributed by atoms with Crippen molar-refractivity contribution in [1.82, 2.24) is 5.32 Å². The molecule has 0 radical (unpaired) electrons. The average Bonchev–Trinajstić information content (AvgIpc) is 2.53. The Morgan fingerprint density at radius 1 is 1.08 bits per heavy atom. The van der Waals surface area contributed by atoms with Gasteiger partial charge in [0.1, 0.15) is 12.2 Å². The maximum atomic E-state index is 13.4. The minimum Gasteiger partial charge on any atom is -0.355 e. The van der Waals surface area contributed by atoms with Crippen LogP contribution in [0, 0.1) is 12.7 Å². The first-order chi connectivity index (χ1) is 11.5. The summed E-state index contributed by atoms with van der Waals surface area (Å²) in [7, 11) is 0. The molecule has 2 aromatic carbocycles. The number of nitrogens with one attached hydrogen (secondary N) is 2. The van der Waals surface area contributed by atoms with Gasteiger partial charge < -0.3 is 10.6 Å². The van der Waals surface area contributed by atoms with Crippen molar-refractivity contribution >= 4 is 29.1 Å². The molecule has 6 heteroatoms. The van der Waals surface area contributed by atoms with Crippen molar-refractivity contribution in [3.63, 3.8) is 0 Å². The van der Waals surface area contributed by atoms with Gasteiger partial charge in [0.15, 0.2) is 0 Å². The van der Waals surface area contributed by atoms with Crippen LogP contribution >= 0.6 is 11.6 Å². The van der Waals surface area contributed by atoms with Crippen LogP contribution in [0.2, 0.25) is 5.02 Å². The highest BCUT2D eigenvalue weighted by molar-refractivity contribution is 6.31. The van der Waals surface area contributed by atoms with Crippen molar-refractivity contribution in [3.05, 3.63) is 64.4 Å². The predicted octanol–water partition coefficient (Wildman–Crippen LogP) is 3.48. The molecule has 2 N–H and O–H groups in total. The Morgan fingerprint density at radius 3 is 2.58 bits per heavy atom. The molecule has 2 aromatic rings. The van der Waals surface area contributed by atoms with E-state index in [1.807, 2.05) is 0 Å². The minimum atomic E-state index is -0.427. The van der Waals surface area contributed by atoms with Gasteiger partial charge in [-0.05, 0) is 42.7 Å². The number of hydrogen-bond donors (Lipinski definition) is 2. The zero-order valence-corrected chi connectivity index (χ0v) is 14.0. The average molecular weight is 349 g/mol. The van der Waals surface area contributed by atoms with E-state index in [0.717, 1.165) is 5.56 Å². The second-order valence-corrected chi connectivity index (χ2v) is 5.74. The number of amides is 2. The maximum Gasteiger partial charge on any atom is 0.233 e. The van der Waals surface area contributed by atoms with Crippen molar-refractivity contribution < 1.29 is 14.0 Å². The normalized spacial score (nSPS) is 10.3. The summed E-state index contributed by atoms with van der Waals surface area (Å²) in [6.45, 7) is 2.05. The van der Waals surface area contributed by atoms with Crippen LogP contribution in [-0.2, 0) is 16.0 Å². The van der Waals surface area contributed by atoms with Crippen LogP contribution in [0.1, 0.15) is 17.5 Å². The Kier molecular flexibility index (Phi) is 6.32. The molecule has 0 spiro atoms. The molecular formula is C18H18ClFN2O2. The summed E-state index contributed by atoms with van der Waals surface area (Å²) in [6, 6.07) is 11.5. The van der Waals surface area contributed by atoms with Crippen LogP contribution in [0.3, 0.4) is 0 Å². The van der Waals surface area contributed by atoms with Gasteiger partial charge in [-0.1, -0.05) is 35.9 Å². The molecule has 0 aromatic heterocycles. The maximum absolute atomic E-state index is 13.4. The molecule has 0 heterocycles. The Morgan fingerprint density at radius 2 is 1.83 bits per heavy atom. The Hall–Kier alpha value is -2.40. The van der Waals surface area contributed by atoms with E-state index in [1.165, 1.54) is 6.07 Å². The third-order valence-electron chi connectivity index (χ3n) is 3.54. The first kappa shape index (κ1) is 17.9. The number of carbonyl (C=O) groups excluding carboxylic acids is 2. The third kappa shape index (κ3) is 5.06. The number of anilines is 1. The van der Waals surface area contributed by atoms with Crippen LogP contribution in [0.15, 0.2) is 42.5 Å². The van der Waals surface area contributed by atoms with E-state index in [1.54, 1.807) is 43.3 Å². The second-order valence-electron chi connectivity index (χ2n) is 5.33. The molecule has 0 aliphatic carbocycles. The molecule has 0 aliphatic rings. The van der Waals surface area contributed by atoms with E-state index in [9.17, 15) is 14.0 Å². The SMILES string of the molecule is Cc1c(Cl)cccc1NC(=O)CC(=O)NCCc1ccccc1F. The number of carbonyl (C=O) groups is 2. The fraction of sp³-hybridized carbons (Fsp3) is 0.222. The van der Waals surface area contributed by atoms with Crippen LogP contribution in [0.4, 0.5) is 10.1 Å². The van der Waals surface area contributed by atoms with E-state index in [4.69, 9.17) is 11.6 Å². The predicted molar refractivity (Wildman–Crippen MR) is 92.5 cm³/mol. The van der Waals surface area contributed by atoms with Crippen molar-refractivity contribution in [3.8, 4) is 0 Å². The summed E-state index contributed by atoms with van der Waals surface area (Å²) in [5, 5.41) is 5.81. The summed E-state index contributed by atoms with van der Waals surface area (Å²) >= 11 is 5.98. The van der Waals surface area contributed by atoms with Gasteiger partial charge in [0.05, 0.1) is 0 Å². The topological polar surface area (TPSA) is 58.2 Å². The zero-order chi connectivity index (χ0) is 17.5. The molecule has 0 aliphatic heterocycles. The third-order valence-corrected chi connectivity index (χ3v) is 3.95. The number of hydrogen-bond acceptors (Lipinski definition) is 2. The first-order valence-electron chi connectivity index (χ1n) is 7.52. The summed E-state index contributed by atoms with van der Waals surface area (Å²) in [5.74, 6) is -1.15. The van der Waals surface area contributed by atoms with Gasteiger partial charge in [-0.15, -0.1) is 0 Å². The van der Waals surface area contributed by atoms with Gasteiger partial charge in [-0.2, -0.15) is 0 Å². The molecule has 0 bridgehead atoms.